The van der Waals surface area contributed by atoms with E-state index in [1.807, 2.05) is 32.0 Å². The number of hydrogen-bond donors (Lipinski definition) is 1. The summed E-state index contributed by atoms with van der Waals surface area (Å²) in [6.07, 6.45) is 2.80. The van der Waals surface area contributed by atoms with Gasteiger partial charge in [0.15, 0.2) is 0 Å². The third kappa shape index (κ3) is 3.90. The lowest BCUT2D eigenvalue weighted by atomic mass is 10.1. The molecule has 1 aromatic heterocycles. The van der Waals surface area contributed by atoms with Crippen molar-refractivity contribution in [3.63, 3.8) is 0 Å². The number of nitrogens with one attached hydrogen (secondary N) is 1. The van der Waals surface area contributed by atoms with Crippen molar-refractivity contribution in [2.75, 3.05) is 6.54 Å². The van der Waals surface area contributed by atoms with Crippen molar-refractivity contribution in [1.29, 1.82) is 0 Å². The van der Waals surface area contributed by atoms with Crippen LogP contribution in [0.2, 0.25) is 0 Å². The van der Waals surface area contributed by atoms with E-state index in [2.05, 4.69) is 22.4 Å². The molecule has 106 valence electrons. The maximum Gasteiger partial charge on any atom is 0.263 e. The molecule has 1 heterocycles. The average molecular weight is 288 g/mol. The lowest BCUT2D eigenvalue weighted by molar-refractivity contribution is 0.0957. The average Bonchev–Trinajstić information content (AvgIpc) is 2.85. The maximum absolute atomic E-state index is 12.0. The highest BCUT2D eigenvalue weighted by Gasteiger charge is 2.14. The van der Waals surface area contributed by atoms with Crippen molar-refractivity contribution in [2.45, 2.75) is 33.1 Å². The van der Waals surface area contributed by atoms with Crippen LogP contribution < -0.4 is 5.32 Å². The Morgan fingerprint density at radius 3 is 2.70 bits per heavy atom. The molecule has 0 saturated carbocycles. The predicted molar refractivity (Wildman–Crippen MR) is 83.3 cm³/mol. The first-order valence-corrected chi connectivity index (χ1v) is 7.80. The molecule has 2 aromatic rings. The lowest BCUT2D eigenvalue weighted by Crippen LogP contribution is -2.23. The van der Waals surface area contributed by atoms with E-state index in [1.54, 1.807) is 0 Å². The molecule has 0 aliphatic carbocycles. The van der Waals surface area contributed by atoms with E-state index in [-0.39, 0.29) is 5.91 Å². The topological polar surface area (TPSA) is 42.0 Å². The summed E-state index contributed by atoms with van der Waals surface area (Å²) in [5.74, 6) is 0.00723. The monoisotopic (exact) mass is 288 g/mol. The highest BCUT2D eigenvalue weighted by molar-refractivity contribution is 7.13. The SMILES string of the molecule is CCCNC(=O)c1sc(CCc2ccccc2)nc1C. The summed E-state index contributed by atoms with van der Waals surface area (Å²) in [7, 11) is 0. The van der Waals surface area contributed by atoms with E-state index in [4.69, 9.17) is 0 Å². The number of aromatic nitrogens is 1. The standard InChI is InChI=1S/C16H20N2OS/c1-3-11-17-16(19)15-12(2)18-14(20-15)10-9-13-7-5-4-6-8-13/h4-8H,3,9-11H2,1-2H3,(H,17,19). The second-order valence-corrected chi connectivity index (χ2v) is 5.85. The quantitative estimate of drug-likeness (QED) is 0.885. The molecular weight excluding hydrogens is 268 g/mol. The van der Waals surface area contributed by atoms with Crippen LogP contribution in [0, 0.1) is 6.92 Å². The molecular formula is C16H20N2OS. The van der Waals surface area contributed by atoms with Gasteiger partial charge in [0.2, 0.25) is 0 Å². The minimum atomic E-state index is 0.00723. The van der Waals surface area contributed by atoms with Gasteiger partial charge in [-0.1, -0.05) is 37.3 Å². The molecule has 0 atom stereocenters. The van der Waals surface area contributed by atoms with Crippen molar-refractivity contribution in [3.8, 4) is 0 Å². The number of aryl methyl sites for hydroxylation is 3. The van der Waals surface area contributed by atoms with Crippen molar-refractivity contribution in [1.82, 2.24) is 10.3 Å². The minimum Gasteiger partial charge on any atom is -0.351 e. The number of carbonyl (C=O) groups is 1. The number of amides is 1. The van der Waals surface area contributed by atoms with Gasteiger partial charge in [0.25, 0.3) is 5.91 Å². The Morgan fingerprint density at radius 1 is 1.25 bits per heavy atom. The normalized spacial score (nSPS) is 10.5. The number of nitrogens with zero attached hydrogens (tertiary/aromatic N) is 1. The van der Waals surface area contributed by atoms with Gasteiger partial charge < -0.3 is 5.32 Å². The smallest absolute Gasteiger partial charge is 0.263 e. The van der Waals surface area contributed by atoms with Crippen LogP contribution in [-0.2, 0) is 12.8 Å². The van der Waals surface area contributed by atoms with Crippen LogP contribution in [0.3, 0.4) is 0 Å². The molecule has 0 aliphatic heterocycles. The first-order chi connectivity index (χ1) is 9.70. The summed E-state index contributed by atoms with van der Waals surface area (Å²) < 4.78 is 0. The van der Waals surface area contributed by atoms with E-state index in [9.17, 15) is 4.79 Å². The molecule has 0 saturated heterocycles. The van der Waals surface area contributed by atoms with E-state index in [0.717, 1.165) is 41.4 Å². The third-order valence-corrected chi connectivity index (χ3v) is 4.27. The van der Waals surface area contributed by atoms with Crippen LogP contribution in [0.5, 0.6) is 0 Å². The summed E-state index contributed by atoms with van der Waals surface area (Å²) in [6.45, 7) is 4.67. The Hall–Kier alpha value is -1.68. The second-order valence-electron chi connectivity index (χ2n) is 4.76. The Kier molecular flexibility index (Phi) is 5.30. The predicted octanol–water partition coefficient (Wildman–Crippen LogP) is 3.38. The molecule has 0 spiro atoms. The van der Waals surface area contributed by atoms with Crippen molar-refractivity contribution in [2.24, 2.45) is 0 Å². The summed E-state index contributed by atoms with van der Waals surface area (Å²) in [5, 5.41) is 3.94. The highest BCUT2D eigenvalue weighted by Crippen LogP contribution is 2.19. The largest absolute Gasteiger partial charge is 0.351 e. The molecule has 0 aliphatic rings. The number of benzene rings is 1. The van der Waals surface area contributed by atoms with Crippen LogP contribution in [-0.4, -0.2) is 17.4 Å². The van der Waals surface area contributed by atoms with Gasteiger partial charge in [-0.3, -0.25) is 4.79 Å². The first kappa shape index (κ1) is 14.7. The van der Waals surface area contributed by atoms with Gasteiger partial charge in [-0.2, -0.15) is 0 Å². The fraction of sp³-hybridized carbons (Fsp3) is 0.375. The van der Waals surface area contributed by atoms with E-state index in [0.29, 0.717) is 0 Å². The van der Waals surface area contributed by atoms with Crippen LogP contribution in [0.1, 0.15) is 39.3 Å². The number of rotatable bonds is 6. The molecule has 0 radical (unpaired) electrons. The zero-order chi connectivity index (χ0) is 14.4. The van der Waals surface area contributed by atoms with Crippen LogP contribution >= 0.6 is 11.3 Å². The van der Waals surface area contributed by atoms with E-state index >= 15 is 0 Å². The molecule has 1 N–H and O–H groups in total. The molecule has 0 bridgehead atoms. The van der Waals surface area contributed by atoms with Gasteiger partial charge in [-0.05, 0) is 25.3 Å². The summed E-state index contributed by atoms with van der Waals surface area (Å²) in [4.78, 5) is 17.2. The Morgan fingerprint density at radius 2 is 2.00 bits per heavy atom. The Labute approximate surface area is 124 Å². The van der Waals surface area contributed by atoms with Crippen molar-refractivity contribution in [3.05, 3.63) is 51.5 Å². The van der Waals surface area contributed by atoms with Crippen molar-refractivity contribution < 1.29 is 4.79 Å². The lowest BCUT2D eigenvalue weighted by Gasteiger charge is -2.00. The zero-order valence-corrected chi connectivity index (χ0v) is 12.8. The van der Waals surface area contributed by atoms with Gasteiger partial charge in [-0.25, -0.2) is 4.98 Å². The third-order valence-electron chi connectivity index (χ3n) is 3.05. The van der Waals surface area contributed by atoms with Gasteiger partial charge in [0.1, 0.15) is 4.88 Å². The van der Waals surface area contributed by atoms with E-state index in [1.165, 1.54) is 16.9 Å². The fourth-order valence-electron chi connectivity index (χ4n) is 1.98. The summed E-state index contributed by atoms with van der Waals surface area (Å²) >= 11 is 1.51. The molecule has 0 fully saturated rings. The molecule has 20 heavy (non-hydrogen) atoms. The maximum atomic E-state index is 12.0. The minimum absolute atomic E-state index is 0.00723. The van der Waals surface area contributed by atoms with Gasteiger partial charge in [-0.15, -0.1) is 11.3 Å². The van der Waals surface area contributed by atoms with Gasteiger partial charge in [0.05, 0.1) is 10.7 Å². The van der Waals surface area contributed by atoms with Crippen LogP contribution in [0.15, 0.2) is 30.3 Å². The van der Waals surface area contributed by atoms with Gasteiger partial charge >= 0.3 is 0 Å². The molecule has 3 nitrogen and oxygen atoms in total. The molecule has 2 rings (SSSR count). The van der Waals surface area contributed by atoms with E-state index < -0.39 is 0 Å². The number of carbonyl (C=O) groups excluding carboxylic acids is 1. The van der Waals surface area contributed by atoms with Crippen LogP contribution in [0.4, 0.5) is 0 Å². The first-order valence-electron chi connectivity index (χ1n) is 6.99. The van der Waals surface area contributed by atoms with Crippen molar-refractivity contribution >= 4 is 17.2 Å². The summed E-state index contributed by atoms with van der Waals surface area (Å²) in [5.41, 5.74) is 2.14. The number of thiazole rings is 1. The van der Waals surface area contributed by atoms with Crippen LogP contribution in [0.25, 0.3) is 0 Å². The van der Waals surface area contributed by atoms with Gasteiger partial charge in [0, 0.05) is 13.0 Å². The fourth-order valence-corrected chi connectivity index (χ4v) is 2.97. The Bertz CT molecular complexity index is 563. The molecule has 1 amide bonds. The highest BCUT2D eigenvalue weighted by atomic mass is 32.1. The molecule has 1 aromatic carbocycles. The summed E-state index contributed by atoms with van der Waals surface area (Å²) in [6, 6.07) is 10.4. The Balaban J connectivity index is 1.98. The zero-order valence-electron chi connectivity index (χ0n) is 12.0. The second kappa shape index (κ2) is 7.20. The molecule has 4 heteroatoms. The number of hydrogen-bond acceptors (Lipinski definition) is 3. The molecule has 0 unspecified atom stereocenters.